The molecule has 16 heavy (non-hydrogen) atoms. The number of nitrogens with zero attached hydrogens (tertiary/aromatic N) is 2. The van der Waals surface area contributed by atoms with Crippen molar-refractivity contribution in [3.8, 4) is 0 Å². The highest BCUT2D eigenvalue weighted by molar-refractivity contribution is 7.98. The second-order valence-corrected chi connectivity index (χ2v) is 4.96. The smallest absolute Gasteiger partial charge is 0.0946 e. The quantitative estimate of drug-likeness (QED) is 0.864. The molecule has 2 rings (SSSR count). The summed E-state index contributed by atoms with van der Waals surface area (Å²) in [7, 11) is 0. The van der Waals surface area contributed by atoms with Crippen LogP contribution >= 0.6 is 34.9 Å². The van der Waals surface area contributed by atoms with Crippen LogP contribution in [0.3, 0.4) is 0 Å². The molecule has 1 N–H and O–H groups in total. The van der Waals surface area contributed by atoms with Crippen LogP contribution in [0.4, 0.5) is 5.69 Å². The van der Waals surface area contributed by atoms with Gasteiger partial charge >= 0.3 is 0 Å². The van der Waals surface area contributed by atoms with Gasteiger partial charge in [-0.3, -0.25) is 0 Å². The molecule has 2 aromatic rings. The van der Waals surface area contributed by atoms with Gasteiger partial charge in [-0.2, -0.15) is 0 Å². The van der Waals surface area contributed by atoms with Gasteiger partial charge in [-0.25, -0.2) is 0 Å². The van der Waals surface area contributed by atoms with E-state index in [9.17, 15) is 0 Å². The van der Waals surface area contributed by atoms with Crippen molar-refractivity contribution < 1.29 is 0 Å². The molecule has 0 radical (unpaired) electrons. The highest BCUT2D eigenvalue weighted by Crippen LogP contribution is 2.28. The number of halogens is 1. The number of aromatic nitrogens is 2. The van der Waals surface area contributed by atoms with Gasteiger partial charge in [-0.15, -0.1) is 16.9 Å². The third-order valence-corrected chi connectivity index (χ3v) is 3.80. The van der Waals surface area contributed by atoms with Crippen molar-refractivity contribution in [2.75, 3.05) is 11.6 Å². The van der Waals surface area contributed by atoms with E-state index in [0.717, 1.165) is 21.3 Å². The Balaban J connectivity index is 2.02. The number of rotatable bonds is 4. The summed E-state index contributed by atoms with van der Waals surface area (Å²) in [4.78, 5) is 1.09. The summed E-state index contributed by atoms with van der Waals surface area (Å²) < 4.78 is 3.80. The zero-order valence-electron chi connectivity index (χ0n) is 8.61. The zero-order chi connectivity index (χ0) is 11.4. The Labute approximate surface area is 107 Å². The standard InChI is InChI=1S/C10H10ClN3S2/c1-15-10-3-2-7(4-9(10)11)12-5-8-6-16-14-13-8/h2-4,6,12H,5H2,1H3. The summed E-state index contributed by atoms with van der Waals surface area (Å²) in [5.74, 6) is 0. The van der Waals surface area contributed by atoms with Crippen LogP contribution in [-0.2, 0) is 6.54 Å². The Morgan fingerprint density at radius 3 is 3.00 bits per heavy atom. The van der Waals surface area contributed by atoms with Crippen molar-refractivity contribution in [1.29, 1.82) is 0 Å². The van der Waals surface area contributed by atoms with Gasteiger partial charge in [-0.05, 0) is 36.0 Å². The Kier molecular flexibility index (Phi) is 4.04. The molecule has 1 aromatic heterocycles. The lowest BCUT2D eigenvalue weighted by Gasteiger charge is -2.06. The summed E-state index contributed by atoms with van der Waals surface area (Å²) in [6.07, 6.45) is 2.01. The normalized spacial score (nSPS) is 10.4. The third kappa shape index (κ3) is 2.87. The Morgan fingerprint density at radius 2 is 2.38 bits per heavy atom. The van der Waals surface area contributed by atoms with Gasteiger partial charge in [-0.1, -0.05) is 16.1 Å². The second-order valence-electron chi connectivity index (χ2n) is 3.10. The van der Waals surface area contributed by atoms with E-state index in [0.29, 0.717) is 6.54 Å². The first kappa shape index (κ1) is 11.7. The molecule has 0 spiro atoms. The van der Waals surface area contributed by atoms with Gasteiger partial charge in [0.25, 0.3) is 0 Å². The first-order valence-corrected chi connectivity index (χ1v) is 7.07. The molecule has 6 heteroatoms. The summed E-state index contributed by atoms with van der Waals surface area (Å²) >= 11 is 9.10. The van der Waals surface area contributed by atoms with Crippen molar-refractivity contribution in [3.05, 3.63) is 34.3 Å². The van der Waals surface area contributed by atoms with E-state index < -0.39 is 0 Å². The fraction of sp³-hybridized carbons (Fsp3) is 0.200. The molecule has 0 aliphatic heterocycles. The maximum atomic E-state index is 6.10. The lowest BCUT2D eigenvalue weighted by molar-refractivity contribution is 0.998. The van der Waals surface area contributed by atoms with Gasteiger partial charge < -0.3 is 5.32 Å². The zero-order valence-corrected chi connectivity index (χ0v) is 11.0. The molecule has 0 fully saturated rings. The number of nitrogens with one attached hydrogen (secondary N) is 1. The van der Waals surface area contributed by atoms with Crippen molar-refractivity contribution in [3.63, 3.8) is 0 Å². The fourth-order valence-electron chi connectivity index (χ4n) is 1.23. The maximum absolute atomic E-state index is 6.10. The lowest BCUT2D eigenvalue weighted by Crippen LogP contribution is -1.99. The molecule has 0 saturated heterocycles. The van der Waals surface area contributed by atoms with Crippen LogP contribution in [0.1, 0.15) is 5.69 Å². The van der Waals surface area contributed by atoms with E-state index in [1.165, 1.54) is 11.5 Å². The molecule has 0 aliphatic rings. The topological polar surface area (TPSA) is 37.8 Å². The van der Waals surface area contributed by atoms with Crippen LogP contribution in [0.5, 0.6) is 0 Å². The number of anilines is 1. The van der Waals surface area contributed by atoms with Gasteiger partial charge in [0.2, 0.25) is 0 Å². The number of benzene rings is 1. The molecule has 0 bridgehead atoms. The largest absolute Gasteiger partial charge is 0.379 e. The summed E-state index contributed by atoms with van der Waals surface area (Å²) in [5, 5.41) is 9.90. The van der Waals surface area contributed by atoms with Crippen LogP contribution < -0.4 is 5.32 Å². The van der Waals surface area contributed by atoms with Crippen molar-refractivity contribution >= 4 is 40.6 Å². The minimum absolute atomic E-state index is 0.672. The van der Waals surface area contributed by atoms with Crippen molar-refractivity contribution in [2.24, 2.45) is 0 Å². The molecule has 1 heterocycles. The number of hydrogen-bond donors (Lipinski definition) is 1. The Hall–Kier alpha value is -0.780. The molecule has 1 aromatic carbocycles. The van der Waals surface area contributed by atoms with E-state index >= 15 is 0 Å². The number of thioether (sulfide) groups is 1. The van der Waals surface area contributed by atoms with Gasteiger partial charge in [0.15, 0.2) is 0 Å². The van der Waals surface area contributed by atoms with E-state index in [4.69, 9.17) is 11.6 Å². The molecule has 0 unspecified atom stereocenters. The Morgan fingerprint density at radius 1 is 1.50 bits per heavy atom. The average molecular weight is 272 g/mol. The summed E-state index contributed by atoms with van der Waals surface area (Å²) in [6, 6.07) is 5.94. The molecule has 0 aliphatic carbocycles. The second kappa shape index (κ2) is 5.52. The molecule has 0 amide bonds. The first-order valence-electron chi connectivity index (χ1n) is 4.63. The number of hydrogen-bond acceptors (Lipinski definition) is 5. The molecule has 0 atom stereocenters. The maximum Gasteiger partial charge on any atom is 0.0946 e. The average Bonchev–Trinajstić information content (AvgIpc) is 2.79. The predicted molar refractivity (Wildman–Crippen MR) is 70.5 cm³/mol. The fourth-order valence-corrected chi connectivity index (χ4v) is 2.55. The predicted octanol–water partition coefficient (Wildman–Crippen LogP) is 3.53. The van der Waals surface area contributed by atoms with E-state index in [1.807, 2.05) is 29.8 Å². The monoisotopic (exact) mass is 271 g/mol. The highest BCUT2D eigenvalue weighted by atomic mass is 35.5. The van der Waals surface area contributed by atoms with Crippen LogP contribution in [0.15, 0.2) is 28.5 Å². The van der Waals surface area contributed by atoms with Crippen LogP contribution in [0.2, 0.25) is 5.02 Å². The Bertz CT molecular complexity index is 459. The van der Waals surface area contributed by atoms with Gasteiger partial charge in [0, 0.05) is 16.0 Å². The summed E-state index contributed by atoms with van der Waals surface area (Å²) in [6.45, 7) is 0.672. The molecular weight excluding hydrogens is 262 g/mol. The highest BCUT2D eigenvalue weighted by Gasteiger charge is 2.01. The van der Waals surface area contributed by atoms with Crippen LogP contribution in [0, 0.1) is 0 Å². The van der Waals surface area contributed by atoms with Gasteiger partial charge in [0.05, 0.1) is 17.3 Å². The molecule has 3 nitrogen and oxygen atoms in total. The molecule has 84 valence electrons. The van der Waals surface area contributed by atoms with E-state index in [2.05, 4.69) is 14.9 Å². The minimum atomic E-state index is 0.672. The van der Waals surface area contributed by atoms with Crippen LogP contribution in [0.25, 0.3) is 0 Å². The SMILES string of the molecule is CSc1ccc(NCc2csnn2)cc1Cl. The van der Waals surface area contributed by atoms with Crippen molar-refractivity contribution in [1.82, 2.24) is 9.59 Å². The first-order chi connectivity index (χ1) is 7.79. The van der Waals surface area contributed by atoms with Crippen LogP contribution in [-0.4, -0.2) is 15.8 Å². The third-order valence-electron chi connectivity index (χ3n) is 2.03. The molecular formula is C10H10ClN3S2. The van der Waals surface area contributed by atoms with Gasteiger partial charge in [0.1, 0.15) is 0 Å². The lowest BCUT2D eigenvalue weighted by atomic mass is 10.3. The van der Waals surface area contributed by atoms with E-state index in [1.54, 1.807) is 11.8 Å². The summed E-state index contributed by atoms with van der Waals surface area (Å²) in [5.41, 5.74) is 1.94. The minimum Gasteiger partial charge on any atom is -0.379 e. The van der Waals surface area contributed by atoms with Crippen molar-refractivity contribution in [2.45, 2.75) is 11.4 Å². The molecule has 0 saturated carbocycles. The van der Waals surface area contributed by atoms with E-state index in [-0.39, 0.29) is 0 Å².